The molecular weight excluding hydrogens is 376 g/mol. The van der Waals surface area contributed by atoms with E-state index in [1.165, 1.54) is 19.1 Å². The fraction of sp³-hybridized carbons (Fsp3) is 0.381. The van der Waals surface area contributed by atoms with Crippen molar-refractivity contribution in [3.05, 3.63) is 65.7 Å². The third-order valence-corrected chi connectivity index (χ3v) is 6.39. The Kier molecular flexibility index (Phi) is 6.17. The molecule has 0 bridgehead atoms. The van der Waals surface area contributed by atoms with Crippen LogP contribution in [0.1, 0.15) is 36.9 Å². The molecular formula is C21H26N2O4S. The Balaban J connectivity index is 1.77. The summed E-state index contributed by atoms with van der Waals surface area (Å²) in [5.74, 6) is -0.207. The van der Waals surface area contributed by atoms with Gasteiger partial charge in [0.15, 0.2) is 0 Å². The van der Waals surface area contributed by atoms with Crippen molar-refractivity contribution in [2.75, 3.05) is 0 Å². The number of hydrogen-bond donors (Lipinski definition) is 3. The molecule has 1 aliphatic rings. The minimum Gasteiger partial charge on any atom is -0.391 e. The van der Waals surface area contributed by atoms with Gasteiger partial charge in [-0.1, -0.05) is 48.0 Å². The molecule has 28 heavy (non-hydrogen) atoms. The fourth-order valence-corrected chi connectivity index (χ4v) is 4.40. The summed E-state index contributed by atoms with van der Waals surface area (Å²) in [5, 5.41) is 13.0. The maximum absolute atomic E-state index is 12.9. The van der Waals surface area contributed by atoms with Crippen LogP contribution >= 0.6 is 0 Å². The van der Waals surface area contributed by atoms with Crippen molar-refractivity contribution in [2.45, 2.75) is 49.8 Å². The molecule has 1 amide bonds. The molecule has 3 rings (SSSR count). The molecule has 0 aliphatic heterocycles. The Hall–Kier alpha value is -2.22. The Bertz CT molecular complexity index is 907. The number of benzene rings is 2. The average Bonchev–Trinajstić information content (AvgIpc) is 3.50. The largest absolute Gasteiger partial charge is 0.391 e. The van der Waals surface area contributed by atoms with Crippen LogP contribution in [0, 0.1) is 12.8 Å². The van der Waals surface area contributed by atoms with E-state index in [0.29, 0.717) is 5.92 Å². The van der Waals surface area contributed by atoms with Crippen molar-refractivity contribution in [1.29, 1.82) is 0 Å². The first kappa shape index (κ1) is 20.5. The predicted molar refractivity (Wildman–Crippen MR) is 107 cm³/mol. The van der Waals surface area contributed by atoms with Crippen LogP contribution in [-0.4, -0.2) is 31.6 Å². The number of sulfonamides is 1. The fourth-order valence-electron chi connectivity index (χ4n) is 3.13. The smallest absolute Gasteiger partial charge is 0.241 e. The van der Waals surface area contributed by atoms with Gasteiger partial charge in [0.05, 0.1) is 17.0 Å². The summed E-state index contributed by atoms with van der Waals surface area (Å²) in [5.41, 5.74) is 1.91. The van der Waals surface area contributed by atoms with Crippen LogP contribution < -0.4 is 10.0 Å². The quantitative estimate of drug-likeness (QED) is 0.631. The number of amides is 1. The summed E-state index contributed by atoms with van der Waals surface area (Å²) in [6.07, 6.45) is 0.832. The Labute approximate surface area is 166 Å². The highest BCUT2D eigenvalue weighted by Crippen LogP contribution is 2.41. The zero-order valence-corrected chi connectivity index (χ0v) is 16.8. The highest BCUT2D eigenvalue weighted by atomic mass is 32.2. The van der Waals surface area contributed by atoms with Gasteiger partial charge < -0.3 is 10.4 Å². The lowest BCUT2D eigenvalue weighted by Gasteiger charge is -2.25. The van der Waals surface area contributed by atoms with Gasteiger partial charge in [0.1, 0.15) is 6.04 Å². The normalized spacial score (nSPS) is 17.5. The van der Waals surface area contributed by atoms with Crippen LogP contribution in [0.15, 0.2) is 59.5 Å². The van der Waals surface area contributed by atoms with Gasteiger partial charge in [0, 0.05) is 0 Å². The van der Waals surface area contributed by atoms with E-state index >= 15 is 0 Å². The first-order valence-corrected chi connectivity index (χ1v) is 10.9. The number of aryl methyl sites for hydroxylation is 1. The first-order chi connectivity index (χ1) is 13.3. The lowest BCUT2D eigenvalue weighted by molar-refractivity contribution is -0.125. The van der Waals surface area contributed by atoms with Crippen LogP contribution in [0.3, 0.4) is 0 Å². The molecule has 1 fully saturated rings. The van der Waals surface area contributed by atoms with E-state index in [9.17, 15) is 18.3 Å². The number of rotatable bonds is 8. The zero-order valence-electron chi connectivity index (χ0n) is 16.0. The summed E-state index contributed by atoms with van der Waals surface area (Å²) >= 11 is 0. The molecule has 0 radical (unpaired) electrons. The topological polar surface area (TPSA) is 95.5 Å². The molecule has 3 atom stereocenters. The third kappa shape index (κ3) is 4.98. The lowest BCUT2D eigenvalue weighted by Crippen LogP contribution is -2.53. The summed E-state index contributed by atoms with van der Waals surface area (Å²) in [4.78, 5) is 12.9. The second-order valence-electron chi connectivity index (χ2n) is 7.39. The minimum atomic E-state index is -3.94. The molecule has 3 N–H and O–H groups in total. The molecule has 1 aliphatic carbocycles. The molecule has 0 saturated heterocycles. The maximum Gasteiger partial charge on any atom is 0.241 e. The van der Waals surface area contributed by atoms with E-state index in [1.54, 1.807) is 12.1 Å². The second kappa shape index (κ2) is 8.43. The lowest BCUT2D eigenvalue weighted by atomic mass is 10.0. The standard InChI is InChI=1S/C21H26N2O4S/c1-14-8-12-18(13-9-14)28(26,27)23-19(15(2)24)21(25)22-20(17-10-11-17)16-6-4-3-5-7-16/h3-9,12-13,15,17,19-20,23-24H,10-11H2,1-2H3,(H,22,25). The zero-order chi connectivity index (χ0) is 20.3. The third-order valence-electron chi connectivity index (χ3n) is 4.93. The van der Waals surface area contributed by atoms with E-state index < -0.39 is 28.1 Å². The molecule has 0 aromatic heterocycles. The summed E-state index contributed by atoms with van der Waals surface area (Å²) < 4.78 is 27.7. The Morgan fingerprint density at radius 3 is 2.21 bits per heavy atom. The van der Waals surface area contributed by atoms with Crippen LogP contribution in [0.2, 0.25) is 0 Å². The summed E-state index contributed by atoms with van der Waals surface area (Å²) in [6, 6.07) is 14.5. The van der Waals surface area contributed by atoms with Gasteiger partial charge in [-0.15, -0.1) is 0 Å². The molecule has 0 heterocycles. The number of carbonyl (C=O) groups excluding carboxylic acids is 1. The van der Waals surface area contributed by atoms with Gasteiger partial charge in [-0.25, -0.2) is 8.42 Å². The molecule has 6 nitrogen and oxygen atoms in total. The van der Waals surface area contributed by atoms with Crippen molar-refractivity contribution < 1.29 is 18.3 Å². The van der Waals surface area contributed by atoms with Crippen LogP contribution in [-0.2, 0) is 14.8 Å². The van der Waals surface area contributed by atoms with E-state index in [0.717, 1.165) is 24.0 Å². The average molecular weight is 403 g/mol. The van der Waals surface area contributed by atoms with Gasteiger partial charge in [-0.3, -0.25) is 4.79 Å². The number of carbonyl (C=O) groups is 1. The van der Waals surface area contributed by atoms with Gasteiger partial charge in [0.2, 0.25) is 15.9 Å². The molecule has 3 unspecified atom stereocenters. The van der Waals surface area contributed by atoms with Gasteiger partial charge in [0.25, 0.3) is 0 Å². The van der Waals surface area contributed by atoms with E-state index in [4.69, 9.17) is 0 Å². The predicted octanol–water partition coefficient (Wildman–Crippen LogP) is 2.29. The molecule has 2 aromatic rings. The van der Waals surface area contributed by atoms with Gasteiger partial charge >= 0.3 is 0 Å². The van der Waals surface area contributed by atoms with Crippen molar-refractivity contribution in [3.63, 3.8) is 0 Å². The van der Waals surface area contributed by atoms with Gasteiger partial charge in [-0.05, 0) is 50.3 Å². The SMILES string of the molecule is Cc1ccc(S(=O)(=O)NC(C(=O)NC(c2ccccc2)C2CC2)C(C)O)cc1. The van der Waals surface area contributed by atoms with Gasteiger partial charge in [-0.2, -0.15) is 4.72 Å². The molecule has 0 spiro atoms. The van der Waals surface area contributed by atoms with Crippen LogP contribution in [0.4, 0.5) is 0 Å². The van der Waals surface area contributed by atoms with E-state index in [1.807, 2.05) is 37.3 Å². The number of aliphatic hydroxyl groups is 1. The number of nitrogens with one attached hydrogen (secondary N) is 2. The maximum atomic E-state index is 12.9. The highest BCUT2D eigenvalue weighted by molar-refractivity contribution is 7.89. The Morgan fingerprint density at radius 2 is 1.68 bits per heavy atom. The van der Waals surface area contributed by atoms with Crippen molar-refractivity contribution >= 4 is 15.9 Å². The number of aliphatic hydroxyl groups excluding tert-OH is 1. The van der Waals surface area contributed by atoms with Crippen LogP contribution in [0.25, 0.3) is 0 Å². The first-order valence-electron chi connectivity index (χ1n) is 9.40. The van der Waals surface area contributed by atoms with E-state index in [2.05, 4.69) is 10.0 Å². The van der Waals surface area contributed by atoms with E-state index in [-0.39, 0.29) is 10.9 Å². The molecule has 150 valence electrons. The monoisotopic (exact) mass is 402 g/mol. The highest BCUT2D eigenvalue weighted by Gasteiger charge is 2.36. The minimum absolute atomic E-state index is 0.0540. The number of hydrogen-bond acceptors (Lipinski definition) is 4. The summed E-state index contributed by atoms with van der Waals surface area (Å²) in [7, 11) is -3.94. The van der Waals surface area contributed by atoms with Crippen molar-refractivity contribution in [1.82, 2.24) is 10.0 Å². The molecule has 1 saturated carbocycles. The van der Waals surface area contributed by atoms with Crippen LogP contribution in [0.5, 0.6) is 0 Å². The van der Waals surface area contributed by atoms with Crippen molar-refractivity contribution in [3.8, 4) is 0 Å². The second-order valence-corrected chi connectivity index (χ2v) is 9.10. The molecule has 2 aromatic carbocycles. The Morgan fingerprint density at radius 1 is 1.07 bits per heavy atom. The molecule has 7 heteroatoms. The summed E-state index contributed by atoms with van der Waals surface area (Å²) in [6.45, 7) is 3.26. The van der Waals surface area contributed by atoms with Crippen molar-refractivity contribution in [2.24, 2.45) is 5.92 Å².